The Balaban J connectivity index is 2.16. The van der Waals surface area contributed by atoms with Crippen LogP contribution in [0.15, 0.2) is 24.3 Å². The topological polar surface area (TPSA) is 43.6 Å². The van der Waals surface area contributed by atoms with Crippen molar-refractivity contribution in [3.63, 3.8) is 0 Å². The monoisotopic (exact) mass is 250 g/mol. The van der Waals surface area contributed by atoms with Crippen LogP contribution in [-0.4, -0.2) is 20.2 Å². The van der Waals surface area contributed by atoms with Gasteiger partial charge in [-0.15, -0.1) is 16.7 Å². The number of hydrogen-bond acceptors (Lipinski definition) is 3. The average Bonchev–Trinajstić information content (AvgIpc) is 2.78. The fourth-order valence-electron chi connectivity index (χ4n) is 1.66. The van der Waals surface area contributed by atoms with E-state index in [1.165, 1.54) is 11.1 Å². The molecule has 1 atom stereocenters. The van der Waals surface area contributed by atoms with E-state index in [9.17, 15) is 0 Å². The molecule has 0 spiro atoms. The number of alkyl halides is 1. The maximum absolute atomic E-state index is 6.00. The average molecular weight is 251 g/mol. The summed E-state index contributed by atoms with van der Waals surface area (Å²) < 4.78 is 1.73. The van der Waals surface area contributed by atoms with Crippen LogP contribution in [0.4, 0.5) is 0 Å². The molecule has 4 nitrogen and oxygen atoms in total. The van der Waals surface area contributed by atoms with E-state index in [4.69, 9.17) is 11.6 Å². The molecule has 0 saturated carbocycles. The van der Waals surface area contributed by atoms with Crippen molar-refractivity contribution >= 4 is 11.6 Å². The van der Waals surface area contributed by atoms with E-state index in [1.807, 2.05) is 6.92 Å². The molecular weight excluding hydrogens is 236 g/mol. The van der Waals surface area contributed by atoms with Gasteiger partial charge in [0.1, 0.15) is 0 Å². The molecular formula is C12H15ClN4. The first-order chi connectivity index (χ1) is 8.20. The minimum Gasteiger partial charge on any atom is -0.224 e. The van der Waals surface area contributed by atoms with Crippen LogP contribution in [0.25, 0.3) is 0 Å². The summed E-state index contributed by atoms with van der Waals surface area (Å²) in [4.78, 5) is 0. The smallest absolute Gasteiger partial charge is 0.169 e. The molecule has 0 amide bonds. The van der Waals surface area contributed by atoms with Crippen LogP contribution >= 0.6 is 11.6 Å². The van der Waals surface area contributed by atoms with Crippen molar-refractivity contribution in [2.75, 3.05) is 0 Å². The van der Waals surface area contributed by atoms with Crippen molar-refractivity contribution in [2.45, 2.75) is 32.2 Å². The zero-order valence-electron chi connectivity index (χ0n) is 9.97. The minimum absolute atomic E-state index is 0.181. The van der Waals surface area contributed by atoms with Crippen molar-refractivity contribution in [3.8, 4) is 0 Å². The van der Waals surface area contributed by atoms with Crippen LogP contribution in [0.1, 0.15) is 36.2 Å². The molecule has 17 heavy (non-hydrogen) atoms. The Bertz CT molecular complexity index is 476. The van der Waals surface area contributed by atoms with Gasteiger partial charge in [0.2, 0.25) is 0 Å². The van der Waals surface area contributed by atoms with E-state index in [2.05, 4.69) is 46.7 Å². The molecule has 5 heteroatoms. The first-order valence-electron chi connectivity index (χ1n) is 5.68. The van der Waals surface area contributed by atoms with Gasteiger partial charge >= 0.3 is 0 Å². The third kappa shape index (κ3) is 2.82. The highest BCUT2D eigenvalue weighted by Gasteiger charge is 2.11. The van der Waals surface area contributed by atoms with E-state index in [0.717, 1.165) is 6.42 Å². The van der Waals surface area contributed by atoms with E-state index >= 15 is 0 Å². The van der Waals surface area contributed by atoms with Gasteiger partial charge in [0.05, 0.1) is 11.9 Å². The Labute approximate surface area is 106 Å². The Morgan fingerprint density at radius 2 is 1.88 bits per heavy atom. The van der Waals surface area contributed by atoms with Gasteiger partial charge in [-0.25, -0.2) is 4.68 Å². The highest BCUT2D eigenvalue weighted by Crippen LogP contribution is 2.16. The summed E-state index contributed by atoms with van der Waals surface area (Å²) in [6.07, 6.45) is 1.05. The van der Waals surface area contributed by atoms with E-state index in [1.54, 1.807) is 4.68 Å². The molecule has 0 aliphatic carbocycles. The lowest BCUT2D eigenvalue weighted by atomic mass is 10.1. The number of tetrazole rings is 1. The van der Waals surface area contributed by atoms with Crippen LogP contribution in [0.5, 0.6) is 0 Å². The number of benzene rings is 1. The summed E-state index contributed by atoms with van der Waals surface area (Å²) in [6.45, 7) is 4.66. The highest BCUT2D eigenvalue weighted by molar-refractivity contribution is 6.20. The summed E-state index contributed by atoms with van der Waals surface area (Å²) in [6, 6.07) is 8.46. The second-order valence-electron chi connectivity index (χ2n) is 3.98. The standard InChI is InChI=1S/C12H15ClN4/c1-3-10-4-6-11(7-5-10)8-17-12(9(2)13)14-15-16-17/h4-7,9H,3,8H2,1-2H3. The van der Waals surface area contributed by atoms with Crippen LogP contribution < -0.4 is 0 Å². The molecule has 2 rings (SSSR count). The molecule has 1 aromatic carbocycles. The van der Waals surface area contributed by atoms with Crippen molar-refractivity contribution in [2.24, 2.45) is 0 Å². The van der Waals surface area contributed by atoms with E-state index in [0.29, 0.717) is 12.4 Å². The predicted octanol–water partition coefficient (Wildman–Crippen LogP) is 2.58. The number of hydrogen-bond donors (Lipinski definition) is 0. The molecule has 0 bridgehead atoms. The van der Waals surface area contributed by atoms with Gasteiger partial charge < -0.3 is 0 Å². The number of aryl methyl sites for hydroxylation is 1. The van der Waals surface area contributed by atoms with Gasteiger partial charge in [0.15, 0.2) is 5.82 Å². The van der Waals surface area contributed by atoms with Crippen LogP contribution in [-0.2, 0) is 13.0 Å². The lowest BCUT2D eigenvalue weighted by molar-refractivity contribution is 0.618. The third-order valence-electron chi connectivity index (χ3n) is 2.68. The quantitative estimate of drug-likeness (QED) is 0.784. The van der Waals surface area contributed by atoms with Crippen molar-refractivity contribution in [1.29, 1.82) is 0 Å². The molecule has 0 saturated heterocycles. The third-order valence-corrected chi connectivity index (χ3v) is 2.87. The van der Waals surface area contributed by atoms with Gasteiger partial charge in [0, 0.05) is 0 Å². The van der Waals surface area contributed by atoms with Crippen LogP contribution in [0, 0.1) is 0 Å². The fourth-order valence-corrected chi connectivity index (χ4v) is 1.82. The molecule has 1 aromatic heterocycles. The molecule has 0 aliphatic heterocycles. The van der Waals surface area contributed by atoms with Gasteiger partial charge in [-0.2, -0.15) is 0 Å². The Kier molecular flexibility index (Phi) is 3.74. The van der Waals surface area contributed by atoms with Gasteiger partial charge in [0.25, 0.3) is 0 Å². The fraction of sp³-hybridized carbons (Fsp3) is 0.417. The first kappa shape index (κ1) is 12.0. The number of nitrogens with zero attached hydrogens (tertiary/aromatic N) is 4. The molecule has 2 aromatic rings. The largest absolute Gasteiger partial charge is 0.224 e. The predicted molar refractivity (Wildman–Crippen MR) is 67.0 cm³/mol. The van der Waals surface area contributed by atoms with Gasteiger partial charge in [-0.1, -0.05) is 31.2 Å². The second kappa shape index (κ2) is 5.27. The lowest BCUT2D eigenvalue weighted by Gasteiger charge is -2.06. The summed E-state index contributed by atoms with van der Waals surface area (Å²) in [5.74, 6) is 0.700. The number of rotatable bonds is 4. The zero-order valence-corrected chi connectivity index (χ0v) is 10.7. The molecule has 0 aliphatic rings. The van der Waals surface area contributed by atoms with Gasteiger partial charge in [-0.3, -0.25) is 0 Å². The molecule has 0 radical (unpaired) electrons. The zero-order chi connectivity index (χ0) is 12.3. The van der Waals surface area contributed by atoms with Crippen LogP contribution in [0.3, 0.4) is 0 Å². The molecule has 0 N–H and O–H groups in total. The molecule has 0 fully saturated rings. The highest BCUT2D eigenvalue weighted by atomic mass is 35.5. The summed E-state index contributed by atoms with van der Waals surface area (Å²) >= 11 is 6.00. The Morgan fingerprint density at radius 3 is 2.47 bits per heavy atom. The summed E-state index contributed by atoms with van der Waals surface area (Å²) in [5, 5.41) is 11.3. The number of aromatic nitrogens is 4. The second-order valence-corrected chi connectivity index (χ2v) is 4.64. The van der Waals surface area contributed by atoms with Crippen molar-refractivity contribution < 1.29 is 0 Å². The first-order valence-corrected chi connectivity index (χ1v) is 6.12. The van der Waals surface area contributed by atoms with Crippen LogP contribution in [0.2, 0.25) is 0 Å². The molecule has 90 valence electrons. The van der Waals surface area contributed by atoms with Gasteiger partial charge in [-0.05, 0) is 34.9 Å². The Hall–Kier alpha value is -1.42. The lowest BCUT2D eigenvalue weighted by Crippen LogP contribution is -2.07. The maximum atomic E-state index is 6.00. The number of halogens is 1. The SMILES string of the molecule is CCc1ccc(Cn2nnnc2C(C)Cl)cc1. The van der Waals surface area contributed by atoms with E-state index < -0.39 is 0 Å². The molecule has 1 heterocycles. The summed E-state index contributed by atoms with van der Waals surface area (Å²) in [7, 11) is 0. The van der Waals surface area contributed by atoms with Crippen molar-refractivity contribution in [3.05, 3.63) is 41.2 Å². The normalized spacial score (nSPS) is 12.6. The van der Waals surface area contributed by atoms with Crippen molar-refractivity contribution in [1.82, 2.24) is 20.2 Å². The minimum atomic E-state index is -0.181. The Morgan fingerprint density at radius 1 is 1.24 bits per heavy atom. The molecule has 1 unspecified atom stereocenters. The maximum Gasteiger partial charge on any atom is 0.169 e. The summed E-state index contributed by atoms with van der Waals surface area (Å²) in [5.41, 5.74) is 2.50. The van der Waals surface area contributed by atoms with E-state index in [-0.39, 0.29) is 5.38 Å².